The molecule has 0 aliphatic heterocycles. The first kappa shape index (κ1) is 23.4. The van der Waals surface area contributed by atoms with Gasteiger partial charge in [-0.15, -0.1) is 0 Å². The summed E-state index contributed by atoms with van der Waals surface area (Å²) in [5.74, 6) is -0.0372. The van der Waals surface area contributed by atoms with Crippen LogP contribution in [0.4, 0.5) is 10.1 Å². The summed E-state index contributed by atoms with van der Waals surface area (Å²) < 4.78 is 15.2. The van der Waals surface area contributed by atoms with Gasteiger partial charge >= 0.3 is 0 Å². The van der Waals surface area contributed by atoms with Crippen LogP contribution in [0.25, 0.3) is 56.0 Å². The average molecular weight is 507 g/mol. The van der Waals surface area contributed by atoms with E-state index in [4.69, 9.17) is 0 Å². The van der Waals surface area contributed by atoms with E-state index in [1.807, 2.05) is 31.2 Å². The minimum absolute atomic E-state index is 0.0950. The van der Waals surface area contributed by atoms with Gasteiger partial charge in [-0.2, -0.15) is 5.10 Å². The van der Waals surface area contributed by atoms with E-state index in [1.165, 1.54) is 6.07 Å². The van der Waals surface area contributed by atoms with Crippen LogP contribution in [0, 0.1) is 5.82 Å². The van der Waals surface area contributed by atoms with Gasteiger partial charge in [0.2, 0.25) is 5.91 Å². The van der Waals surface area contributed by atoms with Crippen molar-refractivity contribution in [3.05, 3.63) is 73.1 Å². The third-order valence-electron chi connectivity index (χ3n) is 6.30. The van der Waals surface area contributed by atoms with Crippen molar-refractivity contribution in [2.45, 2.75) is 26.2 Å². The van der Waals surface area contributed by atoms with Crippen molar-refractivity contribution in [2.24, 2.45) is 0 Å². The Balaban J connectivity index is 1.40. The fraction of sp³-hybridized carbons (Fsp3) is 0.143. The number of pyridine rings is 3. The molecule has 1 aromatic carbocycles. The minimum atomic E-state index is -0.437. The summed E-state index contributed by atoms with van der Waals surface area (Å²) in [5.41, 5.74) is 5.35. The molecule has 0 atom stereocenters. The largest absolute Gasteiger partial charge is 0.335 e. The van der Waals surface area contributed by atoms with Crippen LogP contribution >= 0.6 is 0 Å². The standard InChI is InChI=1S/C28H23FN8O/c1-2-3-7-24(38)33-17-11-16(14-30-15-17)19-12-20-23(13-21(19)29)36-37-26(20)28-34-25-18(8-10-32-27(25)35-28)22-6-4-5-9-31-22/h4-6,8-15H,2-3,7H2,1H3,(H,33,38)(H,36,37)(H,32,34,35). The van der Waals surface area contributed by atoms with Gasteiger partial charge in [0.15, 0.2) is 11.5 Å². The highest BCUT2D eigenvalue weighted by atomic mass is 19.1. The molecule has 188 valence electrons. The SMILES string of the molecule is CCCCC(=O)Nc1cncc(-c2cc3c(-c4nc5nccc(-c6ccccn6)c5[nH]4)n[nH]c3cc2F)c1. The van der Waals surface area contributed by atoms with Crippen molar-refractivity contribution in [3.63, 3.8) is 0 Å². The Hall–Kier alpha value is -4.99. The molecule has 9 nitrogen and oxygen atoms in total. The Morgan fingerprint density at radius 2 is 1.97 bits per heavy atom. The number of fused-ring (bicyclic) bond motifs is 2. The Morgan fingerprint density at radius 1 is 1.05 bits per heavy atom. The van der Waals surface area contributed by atoms with Gasteiger partial charge in [0.1, 0.15) is 11.5 Å². The van der Waals surface area contributed by atoms with E-state index in [1.54, 1.807) is 36.9 Å². The highest BCUT2D eigenvalue weighted by Crippen LogP contribution is 2.34. The molecule has 6 rings (SSSR count). The number of carbonyl (C=O) groups is 1. The first-order valence-electron chi connectivity index (χ1n) is 12.3. The zero-order valence-corrected chi connectivity index (χ0v) is 20.5. The third kappa shape index (κ3) is 4.36. The zero-order chi connectivity index (χ0) is 26.1. The maximum Gasteiger partial charge on any atom is 0.224 e. The number of carbonyl (C=O) groups excluding carboxylic acids is 1. The van der Waals surface area contributed by atoms with E-state index < -0.39 is 5.82 Å². The first-order valence-corrected chi connectivity index (χ1v) is 12.3. The average Bonchev–Trinajstić information content (AvgIpc) is 3.55. The smallest absolute Gasteiger partial charge is 0.224 e. The summed E-state index contributed by atoms with van der Waals surface area (Å²) in [4.78, 5) is 33.2. The van der Waals surface area contributed by atoms with E-state index >= 15 is 4.39 Å². The van der Waals surface area contributed by atoms with Crippen molar-refractivity contribution in [1.82, 2.24) is 35.1 Å². The van der Waals surface area contributed by atoms with E-state index in [-0.39, 0.29) is 5.91 Å². The number of imidazole rings is 1. The Kier molecular flexibility index (Phi) is 6.04. The molecule has 0 bridgehead atoms. The lowest BCUT2D eigenvalue weighted by Crippen LogP contribution is -2.11. The number of nitrogens with zero attached hydrogens (tertiary/aromatic N) is 5. The van der Waals surface area contributed by atoms with Crippen molar-refractivity contribution in [3.8, 4) is 33.9 Å². The Morgan fingerprint density at radius 3 is 2.82 bits per heavy atom. The summed E-state index contributed by atoms with van der Waals surface area (Å²) in [6.07, 6.45) is 8.69. The second-order valence-electron chi connectivity index (χ2n) is 8.92. The number of hydrogen-bond acceptors (Lipinski definition) is 6. The van der Waals surface area contributed by atoms with Crippen LogP contribution in [-0.2, 0) is 4.79 Å². The van der Waals surface area contributed by atoms with Gasteiger partial charge in [-0.3, -0.25) is 19.9 Å². The molecule has 6 aromatic rings. The molecule has 3 N–H and O–H groups in total. The molecule has 0 unspecified atom stereocenters. The summed E-state index contributed by atoms with van der Waals surface area (Å²) in [6, 6.07) is 12.4. The van der Waals surface area contributed by atoms with Crippen molar-refractivity contribution in [2.75, 3.05) is 5.32 Å². The quantitative estimate of drug-likeness (QED) is 0.248. The van der Waals surface area contributed by atoms with Crippen LogP contribution < -0.4 is 5.32 Å². The molecule has 10 heteroatoms. The summed E-state index contributed by atoms with van der Waals surface area (Å²) in [7, 11) is 0. The molecule has 0 aliphatic rings. The molecule has 0 aliphatic carbocycles. The van der Waals surface area contributed by atoms with Crippen LogP contribution in [0.5, 0.6) is 0 Å². The van der Waals surface area contributed by atoms with Crippen LogP contribution in [0.2, 0.25) is 0 Å². The highest BCUT2D eigenvalue weighted by molar-refractivity contribution is 5.97. The number of unbranched alkanes of at least 4 members (excludes halogenated alkanes) is 1. The normalized spacial score (nSPS) is 11.3. The lowest BCUT2D eigenvalue weighted by atomic mass is 10.0. The maximum atomic E-state index is 15.2. The Bertz CT molecular complexity index is 1780. The van der Waals surface area contributed by atoms with Crippen LogP contribution in [0.15, 0.2) is 67.3 Å². The number of halogens is 1. The van der Waals surface area contributed by atoms with Gasteiger partial charge in [0, 0.05) is 53.2 Å². The number of rotatable bonds is 7. The van der Waals surface area contributed by atoms with E-state index in [0.29, 0.717) is 51.3 Å². The lowest BCUT2D eigenvalue weighted by molar-refractivity contribution is -0.116. The monoisotopic (exact) mass is 506 g/mol. The van der Waals surface area contributed by atoms with Gasteiger partial charge in [0.05, 0.1) is 28.6 Å². The third-order valence-corrected chi connectivity index (χ3v) is 6.30. The zero-order valence-electron chi connectivity index (χ0n) is 20.5. The van der Waals surface area contributed by atoms with Gasteiger partial charge in [-0.05, 0) is 36.8 Å². The fourth-order valence-electron chi connectivity index (χ4n) is 4.41. The fourth-order valence-corrected chi connectivity index (χ4v) is 4.41. The number of aromatic amines is 2. The van der Waals surface area contributed by atoms with Crippen molar-refractivity contribution in [1.29, 1.82) is 0 Å². The molecule has 0 saturated carbocycles. The lowest BCUT2D eigenvalue weighted by Gasteiger charge is -2.08. The van der Waals surface area contributed by atoms with Gasteiger partial charge in [-0.25, -0.2) is 14.4 Å². The summed E-state index contributed by atoms with van der Waals surface area (Å²) >= 11 is 0. The second-order valence-corrected chi connectivity index (χ2v) is 8.92. The van der Waals surface area contributed by atoms with E-state index in [0.717, 1.165) is 29.6 Å². The highest BCUT2D eigenvalue weighted by Gasteiger charge is 2.18. The molecule has 5 heterocycles. The summed E-state index contributed by atoms with van der Waals surface area (Å²) in [5, 5.41) is 10.8. The number of hydrogen-bond donors (Lipinski definition) is 3. The molecule has 0 fully saturated rings. The van der Waals surface area contributed by atoms with Crippen LogP contribution in [0.3, 0.4) is 0 Å². The topological polar surface area (TPSA) is 125 Å². The van der Waals surface area contributed by atoms with Crippen LogP contribution in [0.1, 0.15) is 26.2 Å². The number of nitrogens with one attached hydrogen (secondary N) is 3. The van der Waals surface area contributed by atoms with Crippen molar-refractivity contribution < 1.29 is 9.18 Å². The molecular formula is C28H23FN8O. The molecule has 0 saturated heterocycles. The second kappa shape index (κ2) is 9.81. The Labute approximate surface area is 216 Å². The van der Waals surface area contributed by atoms with E-state index in [2.05, 4.69) is 40.4 Å². The number of aromatic nitrogens is 7. The molecule has 0 radical (unpaired) electrons. The number of anilines is 1. The van der Waals surface area contributed by atoms with Gasteiger partial charge in [0.25, 0.3) is 0 Å². The van der Waals surface area contributed by atoms with Gasteiger partial charge in [-0.1, -0.05) is 19.4 Å². The van der Waals surface area contributed by atoms with Crippen LogP contribution in [-0.4, -0.2) is 41.0 Å². The predicted octanol–water partition coefficient (Wildman–Crippen LogP) is 5.89. The number of amides is 1. The number of H-pyrrole nitrogens is 2. The summed E-state index contributed by atoms with van der Waals surface area (Å²) in [6.45, 7) is 2.03. The molecule has 1 amide bonds. The first-order chi connectivity index (χ1) is 18.6. The van der Waals surface area contributed by atoms with E-state index in [9.17, 15) is 4.79 Å². The number of benzene rings is 1. The molecule has 5 aromatic heterocycles. The molecule has 38 heavy (non-hydrogen) atoms. The van der Waals surface area contributed by atoms with Gasteiger partial charge < -0.3 is 10.3 Å². The molecular weight excluding hydrogens is 483 g/mol. The van der Waals surface area contributed by atoms with Crippen molar-refractivity contribution >= 4 is 33.7 Å². The minimum Gasteiger partial charge on any atom is -0.335 e. The maximum absolute atomic E-state index is 15.2. The molecule has 0 spiro atoms. The predicted molar refractivity (Wildman–Crippen MR) is 144 cm³/mol.